The van der Waals surface area contributed by atoms with Gasteiger partial charge in [-0.15, -0.1) is 11.3 Å². The second-order valence-electron chi connectivity index (χ2n) is 4.71. The monoisotopic (exact) mass is 225 g/mol. The van der Waals surface area contributed by atoms with Gasteiger partial charge in [-0.1, -0.05) is 34.1 Å². The summed E-state index contributed by atoms with van der Waals surface area (Å²) in [4.78, 5) is 5.44. The molecule has 0 radical (unpaired) electrons. The summed E-state index contributed by atoms with van der Waals surface area (Å²) in [5, 5.41) is 8.59. The largest absolute Gasteiger partial charge is 0.383 e. The topological polar surface area (TPSA) is 62.8 Å². The van der Waals surface area contributed by atoms with Crippen LogP contribution in [0.5, 0.6) is 0 Å². The molecule has 0 saturated carbocycles. The molecule has 0 unspecified atom stereocenters. The quantitative estimate of drug-likeness (QED) is 0.613. The molecule has 0 spiro atoms. The molecule has 3 nitrogen and oxygen atoms in total. The van der Waals surface area contributed by atoms with Gasteiger partial charge < -0.3 is 5.73 Å². The Bertz CT molecular complexity index is 360. The van der Waals surface area contributed by atoms with Crippen molar-refractivity contribution in [2.75, 3.05) is 0 Å². The Balaban J connectivity index is 3.15. The first-order valence-electron chi connectivity index (χ1n) is 5.20. The van der Waals surface area contributed by atoms with E-state index in [0.29, 0.717) is 0 Å². The second-order valence-corrected chi connectivity index (χ2v) is 5.71. The van der Waals surface area contributed by atoms with Crippen molar-refractivity contribution < 1.29 is 0 Å². The van der Waals surface area contributed by atoms with Gasteiger partial charge >= 0.3 is 0 Å². The SMILES string of the molecule is CCCc1nc(C(C)(C)C)sc1C(=N)N. The zero-order chi connectivity index (χ0) is 11.6. The molecule has 84 valence electrons. The van der Waals surface area contributed by atoms with E-state index in [-0.39, 0.29) is 11.3 Å². The maximum absolute atomic E-state index is 7.52. The van der Waals surface area contributed by atoms with Crippen molar-refractivity contribution in [1.29, 1.82) is 5.41 Å². The molecule has 1 heterocycles. The van der Waals surface area contributed by atoms with E-state index in [4.69, 9.17) is 11.1 Å². The van der Waals surface area contributed by atoms with Crippen LogP contribution in [0.25, 0.3) is 0 Å². The van der Waals surface area contributed by atoms with Gasteiger partial charge in [0.2, 0.25) is 0 Å². The highest BCUT2D eigenvalue weighted by molar-refractivity contribution is 7.14. The lowest BCUT2D eigenvalue weighted by molar-refractivity contribution is 0.582. The lowest BCUT2D eigenvalue weighted by atomic mass is 9.98. The maximum atomic E-state index is 7.52. The molecule has 0 atom stereocenters. The summed E-state index contributed by atoms with van der Waals surface area (Å²) in [6, 6.07) is 0. The van der Waals surface area contributed by atoms with E-state index in [1.165, 1.54) is 0 Å². The average molecular weight is 225 g/mol. The molecule has 0 fully saturated rings. The molecule has 1 aromatic rings. The summed E-state index contributed by atoms with van der Waals surface area (Å²) in [7, 11) is 0. The Labute approximate surface area is 95.2 Å². The van der Waals surface area contributed by atoms with Crippen molar-refractivity contribution in [2.45, 2.75) is 46.0 Å². The predicted molar refractivity (Wildman–Crippen MR) is 65.8 cm³/mol. The third kappa shape index (κ3) is 2.78. The molecule has 1 aromatic heterocycles. The summed E-state index contributed by atoms with van der Waals surface area (Å²) < 4.78 is 0. The van der Waals surface area contributed by atoms with Gasteiger partial charge in [-0.3, -0.25) is 5.41 Å². The Morgan fingerprint density at radius 3 is 2.47 bits per heavy atom. The van der Waals surface area contributed by atoms with Gasteiger partial charge in [-0.05, 0) is 6.42 Å². The molecule has 0 aliphatic heterocycles. The van der Waals surface area contributed by atoms with Crippen LogP contribution in [0.15, 0.2) is 0 Å². The average Bonchev–Trinajstić information content (AvgIpc) is 2.48. The molecule has 0 aromatic carbocycles. The molecule has 3 N–H and O–H groups in total. The van der Waals surface area contributed by atoms with Crippen LogP contribution in [0.2, 0.25) is 0 Å². The zero-order valence-electron chi connectivity index (χ0n) is 9.85. The fraction of sp³-hybridized carbons (Fsp3) is 0.636. The smallest absolute Gasteiger partial charge is 0.135 e. The van der Waals surface area contributed by atoms with Crippen LogP contribution in [0.4, 0.5) is 0 Å². The minimum Gasteiger partial charge on any atom is -0.383 e. The Kier molecular flexibility index (Phi) is 3.50. The highest BCUT2D eigenvalue weighted by atomic mass is 32.1. The highest BCUT2D eigenvalue weighted by Gasteiger charge is 2.22. The number of aromatic nitrogens is 1. The summed E-state index contributed by atoms with van der Waals surface area (Å²) in [6.45, 7) is 8.50. The third-order valence-electron chi connectivity index (χ3n) is 2.07. The fourth-order valence-corrected chi connectivity index (χ4v) is 2.32. The number of nitrogens with two attached hydrogens (primary N) is 1. The normalized spacial score (nSPS) is 11.7. The maximum Gasteiger partial charge on any atom is 0.135 e. The lowest BCUT2D eigenvalue weighted by Gasteiger charge is -2.13. The van der Waals surface area contributed by atoms with Crippen LogP contribution in [-0.2, 0) is 11.8 Å². The van der Waals surface area contributed by atoms with Crippen molar-refractivity contribution in [2.24, 2.45) is 5.73 Å². The second kappa shape index (κ2) is 4.31. The van der Waals surface area contributed by atoms with Crippen molar-refractivity contribution in [3.05, 3.63) is 15.6 Å². The van der Waals surface area contributed by atoms with Crippen LogP contribution in [-0.4, -0.2) is 10.8 Å². The summed E-state index contributed by atoms with van der Waals surface area (Å²) >= 11 is 1.55. The van der Waals surface area contributed by atoms with Gasteiger partial charge in [-0.2, -0.15) is 0 Å². The van der Waals surface area contributed by atoms with Crippen molar-refractivity contribution in [3.8, 4) is 0 Å². The van der Waals surface area contributed by atoms with Crippen LogP contribution < -0.4 is 5.73 Å². The van der Waals surface area contributed by atoms with Gasteiger partial charge in [0.25, 0.3) is 0 Å². The zero-order valence-corrected chi connectivity index (χ0v) is 10.7. The van der Waals surface area contributed by atoms with Crippen LogP contribution in [0, 0.1) is 5.41 Å². The molecule has 1 rings (SSSR count). The molecule has 0 amide bonds. The number of hydrogen-bond acceptors (Lipinski definition) is 3. The van der Waals surface area contributed by atoms with Crippen molar-refractivity contribution >= 4 is 17.2 Å². The van der Waals surface area contributed by atoms with Crippen LogP contribution in [0.1, 0.15) is 49.7 Å². The molecular formula is C11H19N3S. The molecule has 4 heteroatoms. The summed E-state index contributed by atoms with van der Waals surface area (Å²) in [5.41, 5.74) is 6.58. The van der Waals surface area contributed by atoms with Gasteiger partial charge in [-0.25, -0.2) is 4.98 Å². The number of thiazole rings is 1. The minimum absolute atomic E-state index is 0.0425. The Morgan fingerprint density at radius 2 is 2.07 bits per heavy atom. The Morgan fingerprint density at radius 1 is 1.47 bits per heavy atom. The van der Waals surface area contributed by atoms with Crippen LogP contribution in [0.3, 0.4) is 0 Å². The first-order valence-corrected chi connectivity index (χ1v) is 6.02. The molecule has 15 heavy (non-hydrogen) atoms. The summed E-state index contributed by atoms with van der Waals surface area (Å²) in [6.07, 6.45) is 1.94. The first kappa shape index (κ1) is 12.2. The lowest BCUT2D eigenvalue weighted by Crippen LogP contribution is -2.11. The summed E-state index contributed by atoms with van der Waals surface area (Å²) in [5.74, 6) is 0.145. The van der Waals surface area contributed by atoms with Crippen molar-refractivity contribution in [1.82, 2.24) is 4.98 Å². The van der Waals surface area contributed by atoms with Gasteiger partial charge in [0.15, 0.2) is 0 Å². The van der Waals surface area contributed by atoms with Gasteiger partial charge in [0, 0.05) is 5.41 Å². The van der Waals surface area contributed by atoms with Crippen LogP contribution >= 0.6 is 11.3 Å². The van der Waals surface area contributed by atoms with Crippen molar-refractivity contribution in [3.63, 3.8) is 0 Å². The van der Waals surface area contributed by atoms with E-state index < -0.39 is 0 Å². The number of aryl methyl sites for hydroxylation is 1. The van der Waals surface area contributed by atoms with E-state index in [1.54, 1.807) is 11.3 Å². The molecule has 0 bridgehead atoms. The minimum atomic E-state index is 0.0425. The number of hydrogen-bond donors (Lipinski definition) is 2. The van der Waals surface area contributed by atoms with E-state index in [1.807, 2.05) is 0 Å². The Hall–Kier alpha value is -0.900. The molecule has 0 aliphatic rings. The highest BCUT2D eigenvalue weighted by Crippen LogP contribution is 2.29. The number of nitrogens with zero attached hydrogens (tertiary/aromatic N) is 1. The number of nitrogens with one attached hydrogen (secondary N) is 1. The van der Waals surface area contributed by atoms with E-state index >= 15 is 0 Å². The number of nitrogen functional groups attached to an aromatic ring is 1. The fourth-order valence-electron chi connectivity index (χ4n) is 1.29. The van der Waals surface area contributed by atoms with Gasteiger partial charge in [0.1, 0.15) is 5.84 Å². The van der Waals surface area contributed by atoms with E-state index in [2.05, 4.69) is 32.7 Å². The molecular weight excluding hydrogens is 206 g/mol. The van der Waals surface area contributed by atoms with E-state index in [0.717, 1.165) is 28.4 Å². The van der Waals surface area contributed by atoms with E-state index in [9.17, 15) is 0 Å². The first-order chi connectivity index (χ1) is 6.86. The van der Waals surface area contributed by atoms with Gasteiger partial charge in [0.05, 0.1) is 15.6 Å². The predicted octanol–water partition coefficient (Wildman–Crippen LogP) is 2.68. The number of rotatable bonds is 3. The molecule has 0 saturated heterocycles. The standard InChI is InChI=1S/C11H19N3S/c1-5-6-7-8(9(12)13)15-10(14-7)11(2,3)4/h5-6H2,1-4H3,(H3,12,13). The third-order valence-corrected chi connectivity index (χ3v) is 3.63. The number of amidine groups is 1. The molecule has 0 aliphatic carbocycles.